The summed E-state index contributed by atoms with van der Waals surface area (Å²) in [5, 5.41) is 0. The van der Waals surface area contributed by atoms with E-state index in [9.17, 15) is 4.79 Å². The lowest BCUT2D eigenvalue weighted by Crippen LogP contribution is -2.36. The van der Waals surface area contributed by atoms with E-state index in [1.54, 1.807) is 24.5 Å². The first-order valence-electron chi connectivity index (χ1n) is 7.73. The van der Waals surface area contributed by atoms with Crippen molar-refractivity contribution in [2.75, 3.05) is 24.6 Å². The molecule has 0 saturated carbocycles. The lowest BCUT2D eigenvalue weighted by molar-refractivity contribution is 0.0995. The number of amides is 1. The number of carbonyl (C=O) groups is 1. The summed E-state index contributed by atoms with van der Waals surface area (Å²) in [6, 6.07) is 3.31. The molecule has 0 aromatic carbocycles. The second-order valence-electron chi connectivity index (χ2n) is 5.68. The Morgan fingerprint density at radius 1 is 1.29 bits per heavy atom. The Balaban J connectivity index is 1.50. The van der Waals surface area contributed by atoms with Crippen LogP contribution in [-0.2, 0) is 0 Å². The van der Waals surface area contributed by atoms with Crippen molar-refractivity contribution in [3.8, 4) is 5.75 Å². The first-order chi connectivity index (χ1) is 11.6. The standard InChI is InChI=1S/C16H18BrN5O2/c17-12-8-20-16(21-9-12)22-5-2-11(3-6-22)10-24-13-1-4-19-14(7-13)15(18)23/h1,4,7-9,11H,2-3,5-6,10H2,(H2,18,23). The molecule has 126 valence electrons. The van der Waals surface area contributed by atoms with E-state index in [1.807, 2.05) is 0 Å². The van der Waals surface area contributed by atoms with E-state index >= 15 is 0 Å². The van der Waals surface area contributed by atoms with Gasteiger partial charge in [-0.25, -0.2) is 9.97 Å². The third kappa shape index (κ3) is 4.19. The smallest absolute Gasteiger partial charge is 0.267 e. The van der Waals surface area contributed by atoms with Gasteiger partial charge in [0.1, 0.15) is 11.4 Å². The number of hydrogen-bond donors (Lipinski definition) is 1. The molecule has 7 nitrogen and oxygen atoms in total. The maximum absolute atomic E-state index is 11.1. The summed E-state index contributed by atoms with van der Waals surface area (Å²) in [6.07, 6.45) is 7.07. The van der Waals surface area contributed by atoms with Gasteiger partial charge < -0.3 is 15.4 Å². The Kier molecular flexibility index (Phi) is 5.24. The summed E-state index contributed by atoms with van der Waals surface area (Å²) < 4.78 is 6.67. The van der Waals surface area contributed by atoms with Crippen LogP contribution in [0.1, 0.15) is 23.3 Å². The normalized spacial score (nSPS) is 15.3. The largest absolute Gasteiger partial charge is 0.493 e. The number of anilines is 1. The zero-order valence-corrected chi connectivity index (χ0v) is 14.6. The van der Waals surface area contributed by atoms with Gasteiger partial charge in [-0.3, -0.25) is 9.78 Å². The average molecular weight is 392 g/mol. The highest BCUT2D eigenvalue weighted by molar-refractivity contribution is 9.10. The molecule has 3 rings (SSSR count). The number of hydrogen-bond acceptors (Lipinski definition) is 6. The van der Waals surface area contributed by atoms with Crippen molar-refractivity contribution in [2.45, 2.75) is 12.8 Å². The molecular weight excluding hydrogens is 374 g/mol. The van der Waals surface area contributed by atoms with Crippen LogP contribution < -0.4 is 15.4 Å². The number of nitrogens with zero attached hydrogens (tertiary/aromatic N) is 4. The van der Waals surface area contributed by atoms with E-state index in [1.165, 1.54) is 6.20 Å². The van der Waals surface area contributed by atoms with Crippen LogP contribution in [0.5, 0.6) is 5.75 Å². The van der Waals surface area contributed by atoms with E-state index in [2.05, 4.69) is 35.8 Å². The minimum Gasteiger partial charge on any atom is -0.493 e. The second kappa shape index (κ2) is 7.57. The molecule has 2 aromatic rings. The van der Waals surface area contributed by atoms with Crippen LogP contribution in [0.2, 0.25) is 0 Å². The lowest BCUT2D eigenvalue weighted by Gasteiger charge is -2.31. The highest BCUT2D eigenvalue weighted by Crippen LogP contribution is 2.22. The van der Waals surface area contributed by atoms with Crippen molar-refractivity contribution in [1.29, 1.82) is 0 Å². The molecule has 0 bridgehead atoms. The van der Waals surface area contributed by atoms with E-state index in [4.69, 9.17) is 10.5 Å². The number of carbonyl (C=O) groups excluding carboxylic acids is 1. The molecular formula is C16H18BrN5O2. The molecule has 0 unspecified atom stereocenters. The van der Waals surface area contributed by atoms with Crippen LogP contribution in [0.15, 0.2) is 35.2 Å². The molecule has 0 radical (unpaired) electrons. The molecule has 1 amide bonds. The molecule has 0 atom stereocenters. The molecule has 1 aliphatic rings. The summed E-state index contributed by atoms with van der Waals surface area (Å²) in [5.74, 6) is 1.29. The molecule has 24 heavy (non-hydrogen) atoms. The summed E-state index contributed by atoms with van der Waals surface area (Å²) >= 11 is 3.34. The maximum Gasteiger partial charge on any atom is 0.267 e. The zero-order valence-electron chi connectivity index (χ0n) is 13.1. The van der Waals surface area contributed by atoms with Crippen LogP contribution in [0.25, 0.3) is 0 Å². The van der Waals surface area contributed by atoms with Gasteiger partial charge in [-0.1, -0.05) is 0 Å². The van der Waals surface area contributed by atoms with E-state index in [-0.39, 0.29) is 5.69 Å². The lowest BCUT2D eigenvalue weighted by atomic mass is 9.98. The second-order valence-corrected chi connectivity index (χ2v) is 6.60. The van der Waals surface area contributed by atoms with Gasteiger partial charge in [0.05, 0.1) is 11.1 Å². The molecule has 2 aromatic heterocycles. The Hall–Kier alpha value is -2.22. The van der Waals surface area contributed by atoms with Gasteiger partial charge in [-0.15, -0.1) is 0 Å². The number of ether oxygens (including phenoxy) is 1. The van der Waals surface area contributed by atoms with Crippen LogP contribution in [0.3, 0.4) is 0 Å². The highest BCUT2D eigenvalue weighted by atomic mass is 79.9. The predicted octanol–water partition coefficient (Wildman–Crippen LogP) is 2.03. The van der Waals surface area contributed by atoms with Crippen LogP contribution in [0.4, 0.5) is 5.95 Å². The number of pyridine rings is 1. The van der Waals surface area contributed by atoms with Crippen LogP contribution in [0, 0.1) is 5.92 Å². The molecule has 1 aliphatic heterocycles. The van der Waals surface area contributed by atoms with Gasteiger partial charge in [0, 0.05) is 37.7 Å². The van der Waals surface area contributed by atoms with Gasteiger partial charge in [0.2, 0.25) is 5.95 Å². The Labute approximate surface area is 148 Å². The van der Waals surface area contributed by atoms with E-state index in [0.29, 0.717) is 18.3 Å². The molecule has 3 heterocycles. The van der Waals surface area contributed by atoms with Crippen molar-refractivity contribution in [1.82, 2.24) is 15.0 Å². The SMILES string of the molecule is NC(=O)c1cc(OCC2CCN(c3ncc(Br)cn3)CC2)ccn1. The number of aromatic nitrogens is 3. The zero-order chi connectivity index (χ0) is 16.9. The number of piperidine rings is 1. The number of primary amides is 1. The fourth-order valence-corrected chi connectivity index (χ4v) is 2.82. The number of nitrogens with two attached hydrogens (primary N) is 1. The summed E-state index contributed by atoms with van der Waals surface area (Å²) in [7, 11) is 0. The molecule has 0 spiro atoms. The van der Waals surface area contributed by atoms with E-state index < -0.39 is 5.91 Å². The van der Waals surface area contributed by atoms with Gasteiger partial charge >= 0.3 is 0 Å². The van der Waals surface area contributed by atoms with Crippen molar-refractivity contribution in [3.05, 3.63) is 40.9 Å². The molecule has 8 heteroatoms. The summed E-state index contributed by atoms with van der Waals surface area (Å²) in [5.41, 5.74) is 5.44. The fourth-order valence-electron chi connectivity index (χ4n) is 2.62. The van der Waals surface area contributed by atoms with Crippen LogP contribution >= 0.6 is 15.9 Å². The van der Waals surface area contributed by atoms with Gasteiger partial charge in [-0.2, -0.15) is 0 Å². The first-order valence-corrected chi connectivity index (χ1v) is 8.52. The quantitative estimate of drug-likeness (QED) is 0.837. The predicted molar refractivity (Wildman–Crippen MR) is 92.9 cm³/mol. The minimum atomic E-state index is -0.553. The fraction of sp³-hybridized carbons (Fsp3) is 0.375. The first kappa shape index (κ1) is 16.6. The monoisotopic (exact) mass is 391 g/mol. The average Bonchev–Trinajstić information content (AvgIpc) is 2.61. The Morgan fingerprint density at radius 3 is 2.67 bits per heavy atom. The molecule has 0 aliphatic carbocycles. The number of rotatable bonds is 5. The highest BCUT2D eigenvalue weighted by Gasteiger charge is 2.21. The third-order valence-electron chi connectivity index (χ3n) is 3.97. The Bertz CT molecular complexity index is 702. The summed E-state index contributed by atoms with van der Waals surface area (Å²) in [4.78, 5) is 25.9. The number of halogens is 1. The van der Waals surface area contributed by atoms with Crippen molar-refractivity contribution in [3.63, 3.8) is 0 Å². The third-order valence-corrected chi connectivity index (χ3v) is 4.38. The van der Waals surface area contributed by atoms with E-state index in [0.717, 1.165) is 36.4 Å². The van der Waals surface area contributed by atoms with Gasteiger partial charge in [-0.05, 0) is 40.8 Å². The van der Waals surface area contributed by atoms with Crippen LogP contribution in [-0.4, -0.2) is 40.6 Å². The molecule has 1 saturated heterocycles. The molecule has 1 fully saturated rings. The topological polar surface area (TPSA) is 94.2 Å². The van der Waals surface area contributed by atoms with Crippen molar-refractivity contribution < 1.29 is 9.53 Å². The maximum atomic E-state index is 11.1. The Morgan fingerprint density at radius 2 is 2.00 bits per heavy atom. The van der Waals surface area contributed by atoms with Gasteiger partial charge in [0.25, 0.3) is 5.91 Å². The van der Waals surface area contributed by atoms with Crippen molar-refractivity contribution in [2.24, 2.45) is 11.7 Å². The van der Waals surface area contributed by atoms with Crippen molar-refractivity contribution >= 4 is 27.8 Å². The molecule has 2 N–H and O–H groups in total. The minimum absolute atomic E-state index is 0.217. The van der Waals surface area contributed by atoms with Gasteiger partial charge in [0.15, 0.2) is 0 Å². The summed E-state index contributed by atoms with van der Waals surface area (Å²) in [6.45, 7) is 2.41.